The van der Waals surface area contributed by atoms with Crippen molar-refractivity contribution < 1.29 is 26.4 Å². The van der Waals surface area contributed by atoms with E-state index < -0.39 is 19.9 Å². The molecule has 1 atom stereocenters. The maximum atomic E-state index is 13.4. The number of sulfone groups is 1. The molecule has 0 radical (unpaired) electrons. The number of amides is 1. The van der Waals surface area contributed by atoms with Crippen LogP contribution >= 0.6 is 0 Å². The Hall–Kier alpha value is -1.65. The third-order valence-corrected chi connectivity index (χ3v) is 9.64. The molecule has 0 aromatic heterocycles. The number of carbonyl (C=O) groups is 1. The average Bonchev–Trinajstić information content (AvgIpc) is 2.94. The lowest BCUT2D eigenvalue weighted by Crippen LogP contribution is -2.41. The molecule has 0 N–H and O–H groups in total. The van der Waals surface area contributed by atoms with Crippen LogP contribution in [0.1, 0.15) is 55.8 Å². The van der Waals surface area contributed by atoms with Gasteiger partial charge in [-0.05, 0) is 43.9 Å². The van der Waals surface area contributed by atoms with Gasteiger partial charge in [0, 0.05) is 31.2 Å². The summed E-state index contributed by atoms with van der Waals surface area (Å²) >= 11 is 0. The third kappa shape index (κ3) is 5.40. The Labute approximate surface area is 185 Å². The van der Waals surface area contributed by atoms with Gasteiger partial charge < -0.3 is 9.64 Å². The van der Waals surface area contributed by atoms with Crippen molar-refractivity contribution in [3.05, 3.63) is 23.8 Å². The molecule has 10 heteroatoms. The van der Waals surface area contributed by atoms with Gasteiger partial charge in [0.2, 0.25) is 10.0 Å². The van der Waals surface area contributed by atoms with E-state index in [9.17, 15) is 21.6 Å². The molecular formula is C21H32N2O6S2. The van der Waals surface area contributed by atoms with Crippen LogP contribution in [0, 0.1) is 0 Å². The van der Waals surface area contributed by atoms with Crippen molar-refractivity contribution >= 4 is 25.8 Å². The fraction of sp³-hybridized carbons (Fsp3) is 0.667. The van der Waals surface area contributed by atoms with Crippen molar-refractivity contribution in [3.8, 4) is 5.75 Å². The standard InChI is InChI=1S/C21H32N2O6S2/c1-3-11-23(18-10-14-30(25,26)16-18)21(24)17-8-9-19(29-2)20(15-17)31(27,28)22-12-6-4-5-7-13-22/h8-9,15,18H,3-7,10-14,16H2,1-2H3. The van der Waals surface area contributed by atoms with Crippen LogP contribution in [0.5, 0.6) is 5.75 Å². The van der Waals surface area contributed by atoms with Crippen LogP contribution in [0.4, 0.5) is 0 Å². The second-order valence-corrected chi connectivity index (χ2v) is 12.4. The van der Waals surface area contributed by atoms with E-state index in [0.717, 1.165) is 25.7 Å². The van der Waals surface area contributed by atoms with Gasteiger partial charge in [-0.25, -0.2) is 16.8 Å². The number of hydrogen-bond donors (Lipinski definition) is 0. The molecule has 2 saturated heterocycles. The maximum absolute atomic E-state index is 13.4. The quantitative estimate of drug-likeness (QED) is 0.604. The van der Waals surface area contributed by atoms with Gasteiger partial charge in [0.15, 0.2) is 9.84 Å². The van der Waals surface area contributed by atoms with E-state index in [1.54, 1.807) is 11.0 Å². The Morgan fingerprint density at radius 1 is 1.19 bits per heavy atom. The van der Waals surface area contributed by atoms with Gasteiger partial charge in [-0.3, -0.25) is 4.79 Å². The lowest BCUT2D eigenvalue weighted by Gasteiger charge is -2.28. The Bertz CT molecular complexity index is 999. The SMILES string of the molecule is CCCN(C(=O)c1ccc(OC)c(S(=O)(=O)N2CCCCCC2)c1)C1CCS(=O)(=O)C1. The number of carbonyl (C=O) groups excluding carboxylic acids is 1. The smallest absolute Gasteiger partial charge is 0.254 e. The van der Waals surface area contributed by atoms with Gasteiger partial charge in [-0.2, -0.15) is 4.31 Å². The Balaban J connectivity index is 1.95. The molecular weight excluding hydrogens is 440 g/mol. The third-order valence-electron chi connectivity index (χ3n) is 5.97. The summed E-state index contributed by atoms with van der Waals surface area (Å²) in [5, 5.41) is 0. The molecule has 174 valence electrons. The molecule has 1 unspecified atom stereocenters. The van der Waals surface area contributed by atoms with Gasteiger partial charge in [0.05, 0.1) is 18.6 Å². The van der Waals surface area contributed by atoms with E-state index in [1.807, 2.05) is 6.92 Å². The van der Waals surface area contributed by atoms with Crippen LogP contribution in [0.3, 0.4) is 0 Å². The summed E-state index contributed by atoms with van der Waals surface area (Å²) in [5.74, 6) is -0.124. The minimum atomic E-state index is -3.82. The van der Waals surface area contributed by atoms with Crippen molar-refractivity contribution in [2.45, 2.75) is 56.4 Å². The zero-order valence-corrected chi connectivity index (χ0v) is 19.9. The fourth-order valence-corrected chi connectivity index (χ4v) is 7.74. The average molecular weight is 473 g/mol. The van der Waals surface area contributed by atoms with Gasteiger partial charge in [-0.15, -0.1) is 0 Å². The number of rotatable bonds is 7. The molecule has 8 nitrogen and oxygen atoms in total. The van der Waals surface area contributed by atoms with E-state index in [4.69, 9.17) is 4.74 Å². The highest BCUT2D eigenvalue weighted by Crippen LogP contribution is 2.30. The van der Waals surface area contributed by atoms with Gasteiger partial charge >= 0.3 is 0 Å². The molecule has 1 aromatic carbocycles. The highest BCUT2D eigenvalue weighted by atomic mass is 32.2. The molecule has 0 spiro atoms. The fourth-order valence-electron chi connectivity index (χ4n) is 4.31. The maximum Gasteiger partial charge on any atom is 0.254 e. The zero-order chi connectivity index (χ0) is 22.6. The summed E-state index contributed by atoms with van der Waals surface area (Å²) in [6, 6.07) is 4.06. The molecule has 2 heterocycles. The monoisotopic (exact) mass is 472 g/mol. The second kappa shape index (κ2) is 9.87. The highest BCUT2D eigenvalue weighted by molar-refractivity contribution is 7.91. The Morgan fingerprint density at radius 2 is 1.87 bits per heavy atom. The zero-order valence-electron chi connectivity index (χ0n) is 18.2. The molecule has 1 aromatic rings. The molecule has 3 rings (SSSR count). The van der Waals surface area contributed by atoms with Crippen LogP contribution in [0.2, 0.25) is 0 Å². The minimum absolute atomic E-state index is 0.0155. The van der Waals surface area contributed by atoms with Crippen molar-refractivity contribution in [1.82, 2.24) is 9.21 Å². The molecule has 0 bridgehead atoms. The van der Waals surface area contributed by atoms with E-state index in [-0.39, 0.29) is 39.7 Å². The van der Waals surface area contributed by atoms with Crippen molar-refractivity contribution in [2.75, 3.05) is 38.2 Å². The Morgan fingerprint density at radius 3 is 2.42 bits per heavy atom. The van der Waals surface area contributed by atoms with E-state index in [1.165, 1.54) is 23.5 Å². The van der Waals surface area contributed by atoms with Crippen LogP contribution in [-0.4, -0.2) is 76.2 Å². The lowest BCUT2D eigenvalue weighted by molar-refractivity contribution is 0.0696. The van der Waals surface area contributed by atoms with Crippen LogP contribution in [0.25, 0.3) is 0 Å². The molecule has 0 aliphatic carbocycles. The summed E-state index contributed by atoms with van der Waals surface area (Å²) < 4.78 is 57.4. The summed E-state index contributed by atoms with van der Waals surface area (Å²) in [6.45, 7) is 3.24. The first-order valence-electron chi connectivity index (χ1n) is 10.9. The predicted molar refractivity (Wildman–Crippen MR) is 119 cm³/mol. The predicted octanol–water partition coefficient (Wildman–Crippen LogP) is 2.30. The normalized spacial score (nSPS) is 22.1. The highest BCUT2D eigenvalue weighted by Gasteiger charge is 2.35. The van der Waals surface area contributed by atoms with Gasteiger partial charge in [-0.1, -0.05) is 19.8 Å². The number of sulfonamides is 1. The van der Waals surface area contributed by atoms with Gasteiger partial charge in [0.1, 0.15) is 10.6 Å². The van der Waals surface area contributed by atoms with Crippen molar-refractivity contribution in [1.29, 1.82) is 0 Å². The van der Waals surface area contributed by atoms with Crippen molar-refractivity contribution in [3.63, 3.8) is 0 Å². The first-order valence-corrected chi connectivity index (χ1v) is 14.2. The number of benzene rings is 1. The minimum Gasteiger partial charge on any atom is -0.495 e. The number of ether oxygens (including phenoxy) is 1. The number of methoxy groups -OCH3 is 1. The molecule has 1 amide bonds. The molecule has 0 saturated carbocycles. The number of nitrogens with zero attached hydrogens (tertiary/aromatic N) is 2. The van der Waals surface area contributed by atoms with E-state index >= 15 is 0 Å². The molecule has 2 aliphatic heterocycles. The van der Waals surface area contributed by atoms with E-state index in [2.05, 4.69) is 0 Å². The molecule has 31 heavy (non-hydrogen) atoms. The Kier molecular flexibility index (Phi) is 7.64. The molecule has 2 aliphatic rings. The first kappa shape index (κ1) is 24.0. The van der Waals surface area contributed by atoms with Gasteiger partial charge in [0.25, 0.3) is 5.91 Å². The second-order valence-electron chi connectivity index (χ2n) is 8.24. The van der Waals surface area contributed by atoms with E-state index in [0.29, 0.717) is 32.5 Å². The number of hydrogen-bond acceptors (Lipinski definition) is 6. The molecule has 2 fully saturated rings. The summed E-state index contributed by atoms with van der Waals surface area (Å²) in [6.07, 6.45) is 4.69. The summed E-state index contributed by atoms with van der Waals surface area (Å²) in [7, 11) is -5.56. The first-order chi connectivity index (χ1) is 14.7. The summed E-state index contributed by atoms with van der Waals surface area (Å²) in [5.41, 5.74) is 0.229. The van der Waals surface area contributed by atoms with Crippen LogP contribution in [0.15, 0.2) is 23.1 Å². The van der Waals surface area contributed by atoms with Crippen LogP contribution < -0.4 is 4.74 Å². The lowest BCUT2D eigenvalue weighted by atomic mass is 10.1. The topological polar surface area (TPSA) is 101 Å². The summed E-state index contributed by atoms with van der Waals surface area (Å²) in [4.78, 5) is 14.9. The van der Waals surface area contributed by atoms with Crippen LogP contribution in [-0.2, 0) is 19.9 Å². The van der Waals surface area contributed by atoms with Crippen molar-refractivity contribution in [2.24, 2.45) is 0 Å². The largest absolute Gasteiger partial charge is 0.495 e.